The molecule has 0 spiro atoms. The van der Waals surface area contributed by atoms with Crippen molar-refractivity contribution in [3.63, 3.8) is 0 Å². The number of benzene rings is 2. The van der Waals surface area contributed by atoms with Crippen LogP contribution in [0.3, 0.4) is 0 Å². The van der Waals surface area contributed by atoms with E-state index in [1.165, 1.54) is 24.3 Å². The van der Waals surface area contributed by atoms with E-state index >= 15 is 0 Å². The summed E-state index contributed by atoms with van der Waals surface area (Å²) in [6.45, 7) is 3.68. The van der Waals surface area contributed by atoms with Gasteiger partial charge in [-0.1, -0.05) is 48.0 Å². The topological polar surface area (TPSA) is 70.2 Å². The number of amides is 3. The predicted octanol–water partition coefficient (Wildman–Crippen LogP) is 5.13. The van der Waals surface area contributed by atoms with Gasteiger partial charge in [-0.2, -0.15) is 13.2 Å². The fourth-order valence-electron chi connectivity index (χ4n) is 3.03. The summed E-state index contributed by atoms with van der Waals surface area (Å²) in [4.78, 5) is 24.8. The summed E-state index contributed by atoms with van der Waals surface area (Å²) >= 11 is 11.9. The van der Waals surface area contributed by atoms with Crippen LogP contribution in [0, 0.1) is 5.92 Å². The number of urea groups is 1. The van der Waals surface area contributed by atoms with Gasteiger partial charge in [0.2, 0.25) is 5.91 Å². The quantitative estimate of drug-likeness (QED) is 0.614. The first-order valence-electron chi connectivity index (χ1n) is 8.26. The van der Waals surface area contributed by atoms with Gasteiger partial charge in [0.05, 0.1) is 27.3 Å². The summed E-state index contributed by atoms with van der Waals surface area (Å²) in [6.07, 6.45) is -4.65. The second kappa shape index (κ2) is 7.96. The zero-order valence-corrected chi connectivity index (χ0v) is 16.1. The van der Waals surface area contributed by atoms with Crippen molar-refractivity contribution in [2.24, 2.45) is 5.92 Å². The summed E-state index contributed by atoms with van der Waals surface area (Å²) in [7, 11) is 0. The molecule has 1 aliphatic heterocycles. The predicted molar refractivity (Wildman–Crippen MR) is 104 cm³/mol. The first kappa shape index (κ1) is 21.0. The smallest absolute Gasteiger partial charge is 0.330 e. The maximum atomic E-state index is 13.2. The van der Waals surface area contributed by atoms with Crippen molar-refractivity contribution in [3.05, 3.63) is 75.9 Å². The van der Waals surface area contributed by atoms with Crippen LogP contribution in [-0.2, 0) is 11.0 Å². The second-order valence-electron chi connectivity index (χ2n) is 6.29. The molecule has 10 heteroatoms. The number of hydrogen-bond donors (Lipinski definition) is 3. The number of anilines is 1. The Morgan fingerprint density at radius 1 is 1.10 bits per heavy atom. The van der Waals surface area contributed by atoms with Gasteiger partial charge in [0.1, 0.15) is 5.92 Å². The van der Waals surface area contributed by atoms with Gasteiger partial charge in [0.25, 0.3) is 0 Å². The Labute approximate surface area is 173 Å². The summed E-state index contributed by atoms with van der Waals surface area (Å²) in [5.41, 5.74) is -0.910. The Hall–Kier alpha value is -2.71. The average Bonchev–Trinajstić information content (AvgIpc) is 2.62. The van der Waals surface area contributed by atoms with Crippen LogP contribution in [0.1, 0.15) is 17.2 Å². The molecule has 2 atom stereocenters. The van der Waals surface area contributed by atoms with E-state index in [0.29, 0.717) is 5.56 Å². The van der Waals surface area contributed by atoms with E-state index in [9.17, 15) is 22.8 Å². The van der Waals surface area contributed by atoms with Crippen LogP contribution in [0.5, 0.6) is 0 Å². The Morgan fingerprint density at radius 3 is 2.45 bits per heavy atom. The van der Waals surface area contributed by atoms with E-state index < -0.39 is 41.3 Å². The largest absolute Gasteiger partial charge is 0.418 e. The molecule has 29 heavy (non-hydrogen) atoms. The molecule has 0 unspecified atom stereocenters. The molecule has 0 aromatic heterocycles. The van der Waals surface area contributed by atoms with Gasteiger partial charge in [-0.25, -0.2) is 4.79 Å². The van der Waals surface area contributed by atoms with E-state index in [1.54, 1.807) is 6.07 Å². The molecule has 1 fully saturated rings. The molecule has 2 aromatic rings. The fourth-order valence-corrected chi connectivity index (χ4v) is 3.33. The number of halogens is 5. The van der Waals surface area contributed by atoms with Gasteiger partial charge in [-0.05, 0) is 29.8 Å². The summed E-state index contributed by atoms with van der Waals surface area (Å²) in [6, 6.07) is 7.60. The average molecular weight is 444 g/mol. The van der Waals surface area contributed by atoms with E-state index in [2.05, 4.69) is 22.5 Å². The molecule has 1 saturated heterocycles. The molecule has 3 rings (SSSR count). The molecular formula is C19H14Cl2F3N3O2. The first-order valence-corrected chi connectivity index (χ1v) is 9.02. The van der Waals surface area contributed by atoms with E-state index in [0.717, 1.165) is 12.1 Å². The van der Waals surface area contributed by atoms with Crippen LogP contribution in [0.2, 0.25) is 10.0 Å². The maximum Gasteiger partial charge on any atom is 0.418 e. The van der Waals surface area contributed by atoms with Crippen LogP contribution in [0.15, 0.2) is 54.7 Å². The molecule has 2 aromatic carbocycles. The number of para-hydroxylation sites is 1. The third kappa shape index (κ3) is 4.49. The maximum absolute atomic E-state index is 13.2. The number of carbonyl (C=O) groups excluding carboxylic acids is 2. The number of hydrogen-bond acceptors (Lipinski definition) is 2. The molecule has 0 radical (unpaired) electrons. The van der Waals surface area contributed by atoms with Crippen molar-refractivity contribution in [1.29, 1.82) is 0 Å². The van der Waals surface area contributed by atoms with E-state index in [1.807, 2.05) is 0 Å². The third-order valence-electron chi connectivity index (χ3n) is 4.35. The molecule has 0 bridgehead atoms. The lowest BCUT2D eigenvalue weighted by molar-refractivity contribution is -0.137. The number of carbonyl (C=O) groups is 2. The van der Waals surface area contributed by atoms with Crippen LogP contribution < -0.4 is 16.0 Å². The minimum Gasteiger partial charge on any atom is -0.330 e. The van der Waals surface area contributed by atoms with Crippen LogP contribution in [0.25, 0.3) is 0 Å². The third-order valence-corrected chi connectivity index (χ3v) is 5.08. The number of alkyl halides is 3. The van der Waals surface area contributed by atoms with Crippen molar-refractivity contribution in [2.75, 3.05) is 5.32 Å². The Bertz CT molecular complexity index is 995. The molecule has 152 valence electrons. The monoisotopic (exact) mass is 443 g/mol. The highest BCUT2D eigenvalue weighted by Gasteiger charge is 2.39. The van der Waals surface area contributed by atoms with Gasteiger partial charge in [0, 0.05) is 5.70 Å². The number of rotatable bonds is 3. The minimum absolute atomic E-state index is 0.0341. The van der Waals surface area contributed by atoms with Crippen molar-refractivity contribution < 1.29 is 22.8 Å². The standard InChI is InChI=1S/C19H14Cl2F3N3O2/c1-9-15(17(28)26-14-5-3-2-4-11(14)19(22,23)24)16(27-18(29)25-9)10-6-7-12(20)13(21)8-10/h2-8,15-16H,1H2,(H,26,28)(H2,25,27,29)/t15-,16+/m0/s1. The summed E-state index contributed by atoms with van der Waals surface area (Å²) in [5, 5.41) is 7.71. The Kier molecular flexibility index (Phi) is 5.77. The van der Waals surface area contributed by atoms with Crippen LogP contribution in [-0.4, -0.2) is 11.9 Å². The molecule has 0 aliphatic carbocycles. The highest BCUT2D eigenvalue weighted by molar-refractivity contribution is 6.42. The van der Waals surface area contributed by atoms with Gasteiger partial charge in [0.15, 0.2) is 0 Å². The van der Waals surface area contributed by atoms with Crippen LogP contribution >= 0.6 is 23.2 Å². The lowest BCUT2D eigenvalue weighted by Gasteiger charge is -2.34. The molecule has 3 amide bonds. The van der Waals surface area contributed by atoms with Crippen molar-refractivity contribution >= 4 is 40.8 Å². The molecule has 1 aliphatic rings. The second-order valence-corrected chi connectivity index (χ2v) is 7.10. The Morgan fingerprint density at radius 2 is 1.79 bits per heavy atom. The number of nitrogens with one attached hydrogen (secondary N) is 3. The zero-order chi connectivity index (χ0) is 21.3. The summed E-state index contributed by atoms with van der Waals surface area (Å²) in [5.74, 6) is -1.89. The molecular weight excluding hydrogens is 430 g/mol. The SMILES string of the molecule is C=C1NC(=O)N[C@H](c2ccc(Cl)c(Cl)c2)[C@H]1C(=O)Nc1ccccc1C(F)(F)F. The van der Waals surface area contributed by atoms with Crippen molar-refractivity contribution in [2.45, 2.75) is 12.2 Å². The zero-order valence-electron chi connectivity index (χ0n) is 14.6. The molecule has 1 heterocycles. The minimum atomic E-state index is -4.65. The van der Waals surface area contributed by atoms with E-state index in [-0.39, 0.29) is 15.7 Å². The molecule has 3 N–H and O–H groups in total. The lowest BCUT2D eigenvalue weighted by atomic mass is 9.88. The van der Waals surface area contributed by atoms with Gasteiger partial charge >= 0.3 is 12.2 Å². The van der Waals surface area contributed by atoms with Crippen LogP contribution in [0.4, 0.5) is 23.7 Å². The van der Waals surface area contributed by atoms with Gasteiger partial charge in [-0.3, -0.25) is 4.79 Å². The fraction of sp³-hybridized carbons (Fsp3) is 0.158. The molecule has 0 saturated carbocycles. The van der Waals surface area contributed by atoms with Crippen molar-refractivity contribution in [1.82, 2.24) is 10.6 Å². The normalized spacial score (nSPS) is 19.3. The highest BCUT2D eigenvalue weighted by atomic mass is 35.5. The summed E-state index contributed by atoms with van der Waals surface area (Å²) < 4.78 is 39.7. The lowest BCUT2D eigenvalue weighted by Crippen LogP contribution is -2.51. The van der Waals surface area contributed by atoms with Gasteiger partial charge in [-0.15, -0.1) is 0 Å². The Balaban J connectivity index is 1.96. The first-order chi connectivity index (χ1) is 13.6. The van der Waals surface area contributed by atoms with E-state index in [4.69, 9.17) is 23.2 Å². The highest BCUT2D eigenvalue weighted by Crippen LogP contribution is 2.37. The van der Waals surface area contributed by atoms with Crippen molar-refractivity contribution in [3.8, 4) is 0 Å². The molecule has 5 nitrogen and oxygen atoms in total. The van der Waals surface area contributed by atoms with Gasteiger partial charge < -0.3 is 16.0 Å².